The number of fused-ring (bicyclic) bond motifs is 1. The van der Waals surface area contributed by atoms with Gasteiger partial charge in [0.1, 0.15) is 12.1 Å². The van der Waals surface area contributed by atoms with Crippen LogP contribution in [0.25, 0.3) is 10.8 Å². The minimum atomic E-state index is -0.686. The molecule has 2 atom stereocenters. The van der Waals surface area contributed by atoms with Crippen LogP contribution in [-0.2, 0) is 20.8 Å². The number of likely N-dealkylation sites (N-methyl/N-ethyl adjacent to an activating group) is 1. The average Bonchev–Trinajstić information content (AvgIpc) is 3.16. The van der Waals surface area contributed by atoms with Crippen molar-refractivity contribution in [3.63, 3.8) is 0 Å². The van der Waals surface area contributed by atoms with Gasteiger partial charge in [0.15, 0.2) is 0 Å². The van der Waals surface area contributed by atoms with Gasteiger partial charge in [0.25, 0.3) is 0 Å². The lowest BCUT2D eigenvalue weighted by atomic mass is 10.0. The van der Waals surface area contributed by atoms with Gasteiger partial charge in [0.05, 0.1) is 0 Å². The van der Waals surface area contributed by atoms with E-state index in [4.69, 9.17) is 0 Å². The molecule has 0 unspecified atom stereocenters. The predicted molar refractivity (Wildman–Crippen MR) is 109 cm³/mol. The van der Waals surface area contributed by atoms with Crippen molar-refractivity contribution in [2.75, 3.05) is 13.1 Å². The maximum absolute atomic E-state index is 13.2. The Kier molecular flexibility index (Phi) is 6.29. The summed E-state index contributed by atoms with van der Waals surface area (Å²) in [5.74, 6) is -0.578. The molecular weight excluding hydrogens is 354 g/mol. The van der Waals surface area contributed by atoms with Gasteiger partial charge in [-0.3, -0.25) is 14.4 Å². The van der Waals surface area contributed by atoms with E-state index in [-0.39, 0.29) is 17.7 Å². The molecule has 1 heterocycles. The third-order valence-electron chi connectivity index (χ3n) is 5.12. The Labute approximate surface area is 165 Å². The van der Waals surface area contributed by atoms with Crippen molar-refractivity contribution in [2.24, 2.45) is 0 Å². The van der Waals surface area contributed by atoms with E-state index in [9.17, 15) is 14.4 Å². The van der Waals surface area contributed by atoms with E-state index in [1.54, 1.807) is 4.90 Å². The van der Waals surface area contributed by atoms with Crippen LogP contribution in [0.5, 0.6) is 0 Å². The van der Waals surface area contributed by atoms with E-state index < -0.39 is 12.1 Å². The molecule has 6 nitrogen and oxygen atoms in total. The van der Waals surface area contributed by atoms with Gasteiger partial charge in [0.2, 0.25) is 17.7 Å². The Bertz CT molecular complexity index is 880. The molecule has 6 heteroatoms. The average molecular weight is 381 g/mol. The molecule has 0 bridgehead atoms. The summed E-state index contributed by atoms with van der Waals surface area (Å²) in [6, 6.07) is 12.9. The smallest absolute Gasteiger partial charge is 0.246 e. The van der Waals surface area contributed by atoms with E-state index in [2.05, 4.69) is 10.6 Å². The highest BCUT2D eigenvalue weighted by atomic mass is 16.2. The molecular formula is C22H27N3O3. The molecule has 0 spiro atoms. The Morgan fingerprint density at radius 3 is 2.61 bits per heavy atom. The first-order valence-electron chi connectivity index (χ1n) is 9.82. The number of amides is 3. The van der Waals surface area contributed by atoms with Crippen molar-refractivity contribution in [1.82, 2.24) is 15.5 Å². The molecule has 3 rings (SSSR count). The topological polar surface area (TPSA) is 78.5 Å². The van der Waals surface area contributed by atoms with Gasteiger partial charge in [-0.15, -0.1) is 0 Å². The fourth-order valence-electron chi connectivity index (χ4n) is 3.84. The summed E-state index contributed by atoms with van der Waals surface area (Å²) >= 11 is 0. The number of likely N-dealkylation sites (tertiary alicyclic amines) is 1. The van der Waals surface area contributed by atoms with Crippen LogP contribution in [0.15, 0.2) is 42.5 Å². The van der Waals surface area contributed by atoms with E-state index >= 15 is 0 Å². The van der Waals surface area contributed by atoms with Crippen LogP contribution in [0.4, 0.5) is 0 Å². The van der Waals surface area contributed by atoms with Crippen molar-refractivity contribution in [2.45, 2.75) is 45.2 Å². The van der Waals surface area contributed by atoms with Gasteiger partial charge in [-0.05, 0) is 36.1 Å². The first-order valence-corrected chi connectivity index (χ1v) is 9.82. The molecule has 148 valence electrons. The van der Waals surface area contributed by atoms with Gasteiger partial charge in [-0.2, -0.15) is 0 Å². The Morgan fingerprint density at radius 2 is 1.89 bits per heavy atom. The molecule has 2 aromatic rings. The van der Waals surface area contributed by atoms with Crippen molar-refractivity contribution in [1.29, 1.82) is 0 Å². The zero-order chi connectivity index (χ0) is 20.1. The summed E-state index contributed by atoms with van der Waals surface area (Å²) < 4.78 is 0. The third kappa shape index (κ3) is 4.50. The van der Waals surface area contributed by atoms with Gasteiger partial charge in [-0.25, -0.2) is 0 Å². The van der Waals surface area contributed by atoms with Crippen LogP contribution >= 0.6 is 0 Å². The number of rotatable bonds is 6. The molecule has 0 aromatic heterocycles. The zero-order valence-corrected chi connectivity index (χ0v) is 16.4. The molecule has 3 amide bonds. The minimum Gasteiger partial charge on any atom is -0.355 e. The summed E-state index contributed by atoms with van der Waals surface area (Å²) in [6.45, 7) is 4.34. The molecule has 1 aliphatic rings. The zero-order valence-electron chi connectivity index (χ0n) is 16.4. The van der Waals surface area contributed by atoms with Gasteiger partial charge >= 0.3 is 0 Å². The highest BCUT2D eigenvalue weighted by Gasteiger charge is 2.37. The maximum Gasteiger partial charge on any atom is 0.246 e. The lowest BCUT2D eigenvalue weighted by Crippen LogP contribution is -2.53. The van der Waals surface area contributed by atoms with Crippen LogP contribution in [0, 0.1) is 0 Å². The number of carbonyl (C=O) groups excluding carboxylic acids is 3. The Hall–Kier alpha value is -2.89. The lowest BCUT2D eigenvalue weighted by Gasteiger charge is -2.28. The van der Waals surface area contributed by atoms with E-state index in [0.29, 0.717) is 25.9 Å². The highest BCUT2D eigenvalue weighted by Crippen LogP contribution is 2.21. The number of benzene rings is 2. The largest absolute Gasteiger partial charge is 0.355 e. The number of nitrogens with one attached hydrogen (secondary N) is 2. The molecule has 2 N–H and O–H groups in total. The monoisotopic (exact) mass is 381 g/mol. The Morgan fingerprint density at radius 1 is 1.14 bits per heavy atom. The predicted octanol–water partition coefficient (Wildman–Crippen LogP) is 2.01. The molecule has 28 heavy (non-hydrogen) atoms. The summed E-state index contributed by atoms with van der Waals surface area (Å²) in [5, 5.41) is 7.81. The standard InChI is InChI=1S/C22H27N3O3/c1-3-23-21(27)20-9-6-12-25(20)22(28)19(24-15(2)26)14-16-10-11-17-7-4-5-8-18(17)13-16/h4-5,7-8,10-11,13,19-20H,3,6,9,12,14H2,1-2H3,(H,23,27)(H,24,26)/t19-,20-/m0/s1. The first-order chi connectivity index (χ1) is 13.5. The van der Waals surface area contributed by atoms with Crippen LogP contribution in [0.1, 0.15) is 32.3 Å². The van der Waals surface area contributed by atoms with Crippen molar-refractivity contribution in [3.8, 4) is 0 Å². The summed E-state index contributed by atoms with van der Waals surface area (Å²) in [4.78, 5) is 38.9. The molecule has 1 aliphatic heterocycles. The van der Waals surface area contributed by atoms with Gasteiger partial charge < -0.3 is 15.5 Å². The van der Waals surface area contributed by atoms with E-state index in [1.165, 1.54) is 6.92 Å². The molecule has 1 fully saturated rings. The fraction of sp³-hybridized carbons (Fsp3) is 0.409. The molecule has 2 aromatic carbocycles. The highest BCUT2D eigenvalue weighted by molar-refractivity contribution is 5.92. The van der Waals surface area contributed by atoms with Gasteiger partial charge in [0, 0.05) is 26.4 Å². The van der Waals surface area contributed by atoms with E-state index in [0.717, 1.165) is 22.8 Å². The molecule has 0 saturated carbocycles. The Balaban J connectivity index is 1.81. The number of carbonyl (C=O) groups is 3. The quantitative estimate of drug-likeness (QED) is 0.804. The van der Waals surface area contributed by atoms with Crippen molar-refractivity contribution in [3.05, 3.63) is 48.0 Å². The van der Waals surface area contributed by atoms with E-state index in [1.807, 2.05) is 49.4 Å². The third-order valence-corrected chi connectivity index (χ3v) is 5.12. The normalized spacial score (nSPS) is 17.4. The first kappa shape index (κ1) is 19.9. The fourth-order valence-corrected chi connectivity index (χ4v) is 3.84. The molecule has 0 aliphatic carbocycles. The molecule has 1 saturated heterocycles. The second-order valence-corrected chi connectivity index (χ2v) is 7.22. The summed E-state index contributed by atoms with van der Waals surface area (Å²) in [6.07, 6.45) is 1.83. The lowest BCUT2D eigenvalue weighted by molar-refractivity contribution is -0.141. The summed E-state index contributed by atoms with van der Waals surface area (Å²) in [5.41, 5.74) is 0.972. The summed E-state index contributed by atoms with van der Waals surface area (Å²) in [7, 11) is 0. The van der Waals surface area contributed by atoms with Crippen LogP contribution in [0.3, 0.4) is 0 Å². The number of hydrogen-bond donors (Lipinski definition) is 2. The van der Waals surface area contributed by atoms with Crippen LogP contribution < -0.4 is 10.6 Å². The molecule has 0 radical (unpaired) electrons. The van der Waals surface area contributed by atoms with Crippen LogP contribution in [-0.4, -0.2) is 47.8 Å². The maximum atomic E-state index is 13.2. The number of hydrogen-bond acceptors (Lipinski definition) is 3. The second kappa shape index (κ2) is 8.87. The SMILES string of the molecule is CCNC(=O)[C@@H]1CCCN1C(=O)[C@H](Cc1ccc2ccccc2c1)NC(C)=O. The van der Waals surface area contributed by atoms with Gasteiger partial charge in [-0.1, -0.05) is 42.5 Å². The van der Waals surface area contributed by atoms with Crippen molar-refractivity contribution >= 4 is 28.5 Å². The second-order valence-electron chi connectivity index (χ2n) is 7.22. The minimum absolute atomic E-state index is 0.124. The van der Waals surface area contributed by atoms with Crippen molar-refractivity contribution < 1.29 is 14.4 Å². The van der Waals surface area contributed by atoms with Crippen LogP contribution in [0.2, 0.25) is 0 Å². The number of nitrogens with zero attached hydrogens (tertiary/aromatic N) is 1.